The van der Waals surface area contributed by atoms with Gasteiger partial charge in [-0.25, -0.2) is 18.4 Å². The second-order valence-corrected chi connectivity index (χ2v) is 7.67. The van der Waals surface area contributed by atoms with Crippen molar-refractivity contribution in [1.29, 1.82) is 0 Å². The van der Waals surface area contributed by atoms with E-state index >= 15 is 0 Å². The predicted molar refractivity (Wildman–Crippen MR) is 90.7 cm³/mol. The summed E-state index contributed by atoms with van der Waals surface area (Å²) in [5.41, 5.74) is -0.534. The largest absolute Gasteiger partial charge is 0.465 e. The second-order valence-electron chi connectivity index (χ2n) is 6.82. The molecular weight excluding hydrogens is 400 g/mol. The number of hydrogen-bond donors (Lipinski definition) is 0. The number of carbonyl (C=O) groups excluding carboxylic acids is 2. The van der Waals surface area contributed by atoms with E-state index in [4.69, 9.17) is 4.74 Å². The van der Waals surface area contributed by atoms with Crippen LogP contribution < -0.4 is 0 Å². The maximum absolute atomic E-state index is 14.5. The Morgan fingerprint density at radius 1 is 1.32 bits per heavy atom. The fraction of sp³-hybridized carbons (Fsp3) is 0.529. The fourth-order valence-corrected chi connectivity index (χ4v) is 3.14. The van der Waals surface area contributed by atoms with Gasteiger partial charge in [0.15, 0.2) is 0 Å². The van der Waals surface area contributed by atoms with Gasteiger partial charge >= 0.3 is 12.1 Å². The normalized spacial score (nSPS) is 19.6. The van der Waals surface area contributed by atoms with Crippen molar-refractivity contribution in [2.24, 2.45) is 0 Å². The summed E-state index contributed by atoms with van der Waals surface area (Å²) >= 11 is 3.24. The molecule has 1 fully saturated rings. The standard InChI is InChI=1S/C17H20BrF2NO4/c1-16(2,3)25-15(23)21-8-7-17(19,20)13(21)11-9-10(14(22)24-4)5-6-12(11)18/h5-6,9,13H,7-8H2,1-4H3/t13-/m1/s1. The molecule has 2 rings (SSSR count). The smallest absolute Gasteiger partial charge is 0.411 e. The lowest BCUT2D eigenvalue weighted by molar-refractivity contribution is -0.0420. The lowest BCUT2D eigenvalue weighted by atomic mass is 9.99. The molecule has 1 aliphatic rings. The summed E-state index contributed by atoms with van der Waals surface area (Å²) in [6.07, 6.45) is -1.30. The molecule has 0 spiro atoms. The molecule has 0 bridgehead atoms. The number of benzene rings is 1. The van der Waals surface area contributed by atoms with Crippen molar-refractivity contribution in [1.82, 2.24) is 4.90 Å². The van der Waals surface area contributed by atoms with E-state index in [1.807, 2.05) is 0 Å². The average Bonchev–Trinajstić information content (AvgIpc) is 2.81. The van der Waals surface area contributed by atoms with Crippen LogP contribution in [0.5, 0.6) is 0 Å². The molecule has 5 nitrogen and oxygen atoms in total. The van der Waals surface area contributed by atoms with Gasteiger partial charge in [-0.15, -0.1) is 0 Å². The van der Waals surface area contributed by atoms with Crippen LogP contribution in [0.2, 0.25) is 0 Å². The molecule has 1 atom stereocenters. The summed E-state index contributed by atoms with van der Waals surface area (Å²) < 4.78 is 39.4. The Morgan fingerprint density at radius 2 is 1.96 bits per heavy atom. The van der Waals surface area contributed by atoms with Crippen LogP contribution in [0.25, 0.3) is 0 Å². The monoisotopic (exact) mass is 419 g/mol. The highest BCUT2D eigenvalue weighted by atomic mass is 79.9. The Balaban J connectivity index is 2.45. The third-order valence-electron chi connectivity index (χ3n) is 3.74. The summed E-state index contributed by atoms with van der Waals surface area (Å²) in [5.74, 6) is -3.78. The van der Waals surface area contributed by atoms with E-state index in [0.29, 0.717) is 4.47 Å². The van der Waals surface area contributed by atoms with Crippen LogP contribution in [0.4, 0.5) is 13.6 Å². The quantitative estimate of drug-likeness (QED) is 0.659. The molecule has 0 aromatic heterocycles. The van der Waals surface area contributed by atoms with Crippen LogP contribution in [0.15, 0.2) is 22.7 Å². The number of likely N-dealkylation sites (tertiary alicyclic amines) is 1. The molecule has 25 heavy (non-hydrogen) atoms. The van der Waals surface area contributed by atoms with Crippen LogP contribution in [0.1, 0.15) is 49.2 Å². The van der Waals surface area contributed by atoms with Gasteiger partial charge in [0.25, 0.3) is 5.92 Å². The number of methoxy groups -OCH3 is 1. The number of nitrogens with zero attached hydrogens (tertiary/aromatic N) is 1. The molecule has 0 N–H and O–H groups in total. The molecule has 1 aromatic carbocycles. The maximum Gasteiger partial charge on any atom is 0.411 e. The second kappa shape index (κ2) is 6.90. The van der Waals surface area contributed by atoms with E-state index in [9.17, 15) is 18.4 Å². The van der Waals surface area contributed by atoms with Crippen molar-refractivity contribution >= 4 is 28.0 Å². The summed E-state index contributed by atoms with van der Waals surface area (Å²) in [7, 11) is 1.21. The Kier molecular flexibility index (Phi) is 5.41. The van der Waals surface area contributed by atoms with E-state index in [-0.39, 0.29) is 17.7 Å². The number of ether oxygens (including phenoxy) is 2. The van der Waals surface area contributed by atoms with Gasteiger partial charge in [-0.1, -0.05) is 15.9 Å². The number of amides is 1. The van der Waals surface area contributed by atoms with E-state index in [1.54, 1.807) is 20.8 Å². The van der Waals surface area contributed by atoms with Crippen molar-refractivity contribution in [2.45, 2.75) is 44.8 Å². The average molecular weight is 420 g/mol. The highest BCUT2D eigenvalue weighted by molar-refractivity contribution is 9.10. The van der Waals surface area contributed by atoms with Gasteiger partial charge in [0.05, 0.1) is 12.7 Å². The Labute approximate surface area is 153 Å². The molecule has 138 valence electrons. The van der Waals surface area contributed by atoms with Gasteiger partial charge in [0.2, 0.25) is 0 Å². The molecule has 1 aliphatic heterocycles. The third-order valence-corrected chi connectivity index (χ3v) is 4.46. The van der Waals surface area contributed by atoms with Gasteiger partial charge in [-0.2, -0.15) is 0 Å². The zero-order chi connectivity index (χ0) is 19.0. The summed E-state index contributed by atoms with van der Waals surface area (Å²) in [6.45, 7) is 4.87. The van der Waals surface area contributed by atoms with E-state index in [2.05, 4.69) is 20.7 Å². The molecular formula is C17H20BrF2NO4. The number of alkyl halides is 2. The number of carbonyl (C=O) groups is 2. The van der Waals surface area contributed by atoms with Crippen molar-refractivity contribution < 1.29 is 27.8 Å². The number of halogens is 3. The first-order valence-corrected chi connectivity index (χ1v) is 8.51. The van der Waals surface area contributed by atoms with Crippen LogP contribution in [0.3, 0.4) is 0 Å². The lowest BCUT2D eigenvalue weighted by Crippen LogP contribution is -2.39. The zero-order valence-electron chi connectivity index (χ0n) is 14.4. The zero-order valence-corrected chi connectivity index (χ0v) is 16.0. The van der Waals surface area contributed by atoms with Crippen molar-refractivity contribution in [3.8, 4) is 0 Å². The van der Waals surface area contributed by atoms with Gasteiger partial charge in [0.1, 0.15) is 11.6 Å². The van der Waals surface area contributed by atoms with Crippen LogP contribution in [-0.2, 0) is 9.47 Å². The molecule has 0 radical (unpaired) electrons. The highest BCUT2D eigenvalue weighted by Gasteiger charge is 2.53. The third kappa shape index (κ3) is 4.29. The molecule has 1 aromatic rings. The SMILES string of the molecule is COC(=O)c1ccc(Br)c([C@H]2N(C(=O)OC(C)(C)C)CCC2(F)F)c1. The minimum Gasteiger partial charge on any atom is -0.465 e. The first kappa shape index (κ1) is 19.6. The van der Waals surface area contributed by atoms with E-state index < -0.39 is 36.0 Å². The van der Waals surface area contributed by atoms with Crippen molar-refractivity contribution in [3.05, 3.63) is 33.8 Å². The number of hydrogen-bond acceptors (Lipinski definition) is 4. The molecule has 1 amide bonds. The predicted octanol–water partition coefficient (Wildman–Crippen LogP) is 4.55. The van der Waals surface area contributed by atoms with Crippen LogP contribution in [0, 0.1) is 0 Å². The molecule has 1 saturated heterocycles. The molecule has 0 saturated carbocycles. The molecule has 8 heteroatoms. The topological polar surface area (TPSA) is 55.8 Å². The Hall–Kier alpha value is -1.70. The number of esters is 1. The maximum atomic E-state index is 14.5. The molecule has 0 unspecified atom stereocenters. The van der Waals surface area contributed by atoms with E-state index in [1.165, 1.54) is 25.3 Å². The Morgan fingerprint density at radius 3 is 2.52 bits per heavy atom. The number of rotatable bonds is 2. The fourth-order valence-electron chi connectivity index (χ4n) is 2.67. The van der Waals surface area contributed by atoms with Crippen LogP contribution >= 0.6 is 15.9 Å². The highest BCUT2D eigenvalue weighted by Crippen LogP contribution is 2.47. The first-order valence-electron chi connectivity index (χ1n) is 7.71. The summed E-state index contributed by atoms with van der Waals surface area (Å²) in [6, 6.07) is 2.74. The first-order chi connectivity index (χ1) is 11.5. The summed E-state index contributed by atoms with van der Waals surface area (Å²) in [5, 5.41) is 0. The van der Waals surface area contributed by atoms with Crippen LogP contribution in [-0.4, -0.2) is 42.1 Å². The van der Waals surface area contributed by atoms with Gasteiger partial charge in [0, 0.05) is 17.4 Å². The van der Waals surface area contributed by atoms with Gasteiger partial charge in [-0.3, -0.25) is 4.90 Å². The minimum atomic E-state index is -3.14. The minimum absolute atomic E-state index is 0.132. The lowest BCUT2D eigenvalue weighted by Gasteiger charge is -2.31. The van der Waals surface area contributed by atoms with Crippen molar-refractivity contribution in [2.75, 3.05) is 13.7 Å². The molecule has 0 aliphatic carbocycles. The van der Waals surface area contributed by atoms with Crippen molar-refractivity contribution in [3.63, 3.8) is 0 Å². The molecule has 1 heterocycles. The van der Waals surface area contributed by atoms with Gasteiger partial charge in [-0.05, 0) is 44.5 Å². The van der Waals surface area contributed by atoms with E-state index in [0.717, 1.165) is 4.90 Å². The Bertz CT molecular complexity index is 688. The van der Waals surface area contributed by atoms with Gasteiger partial charge < -0.3 is 9.47 Å². The summed E-state index contributed by atoms with van der Waals surface area (Å²) in [4.78, 5) is 25.1.